The molecule has 1 aromatic carbocycles. The van der Waals surface area contributed by atoms with Crippen molar-refractivity contribution in [2.24, 2.45) is 0 Å². The molecule has 1 N–H and O–H groups in total. The average Bonchev–Trinajstić information content (AvgIpc) is 2.27. The summed E-state index contributed by atoms with van der Waals surface area (Å²) < 4.78 is 5.29. The first-order chi connectivity index (χ1) is 7.27. The molecule has 0 bridgehead atoms. The second-order valence-electron chi connectivity index (χ2n) is 3.57. The summed E-state index contributed by atoms with van der Waals surface area (Å²) in [6.45, 7) is 3.05. The van der Waals surface area contributed by atoms with Gasteiger partial charge in [0, 0.05) is 23.5 Å². The molecule has 0 heterocycles. The van der Waals surface area contributed by atoms with E-state index in [4.69, 9.17) is 4.74 Å². The summed E-state index contributed by atoms with van der Waals surface area (Å²) in [5.74, 6) is 0.955. The molecule has 1 aromatic rings. The van der Waals surface area contributed by atoms with Gasteiger partial charge in [0.05, 0.1) is 7.11 Å². The van der Waals surface area contributed by atoms with E-state index in [1.165, 1.54) is 5.56 Å². The number of hydrogen-bond donors (Lipinski definition) is 1. The number of rotatable bonds is 6. The van der Waals surface area contributed by atoms with Crippen LogP contribution in [0, 0.1) is 0 Å². The summed E-state index contributed by atoms with van der Waals surface area (Å²) in [7, 11) is 1.71. The number of alkyl halides is 1. The predicted octanol–water partition coefficient (Wildman–Crippen LogP) is 2.96. The van der Waals surface area contributed by atoms with E-state index in [1.807, 2.05) is 18.2 Å². The molecule has 84 valence electrons. The van der Waals surface area contributed by atoms with Crippen LogP contribution in [0.25, 0.3) is 0 Å². The summed E-state index contributed by atoms with van der Waals surface area (Å²) >= 11 is 3.44. The Labute approximate surface area is 100 Å². The fourth-order valence-electron chi connectivity index (χ4n) is 1.40. The molecule has 3 heteroatoms. The van der Waals surface area contributed by atoms with E-state index in [0.717, 1.165) is 24.0 Å². The molecule has 2 nitrogen and oxygen atoms in total. The molecule has 0 aliphatic heterocycles. The summed E-state index contributed by atoms with van der Waals surface area (Å²) in [5, 5.41) is 4.50. The maximum absolute atomic E-state index is 5.29. The van der Waals surface area contributed by atoms with Gasteiger partial charge < -0.3 is 10.1 Å². The minimum Gasteiger partial charge on any atom is -0.496 e. The molecular formula is C12H18BrNO. The van der Waals surface area contributed by atoms with Crippen LogP contribution in [0.15, 0.2) is 24.3 Å². The lowest BCUT2D eigenvalue weighted by Crippen LogP contribution is -2.25. The van der Waals surface area contributed by atoms with Crippen LogP contribution in [-0.2, 0) is 6.54 Å². The largest absolute Gasteiger partial charge is 0.496 e. The van der Waals surface area contributed by atoms with Crippen LogP contribution in [0.1, 0.15) is 18.9 Å². The van der Waals surface area contributed by atoms with Gasteiger partial charge in [0.1, 0.15) is 5.75 Å². The number of methoxy groups -OCH3 is 1. The van der Waals surface area contributed by atoms with Gasteiger partial charge in [-0.15, -0.1) is 0 Å². The van der Waals surface area contributed by atoms with Crippen molar-refractivity contribution in [3.63, 3.8) is 0 Å². The topological polar surface area (TPSA) is 21.3 Å². The molecule has 0 fully saturated rings. The van der Waals surface area contributed by atoms with E-state index in [0.29, 0.717) is 6.04 Å². The van der Waals surface area contributed by atoms with Crippen molar-refractivity contribution in [3.8, 4) is 5.75 Å². The zero-order valence-corrected chi connectivity index (χ0v) is 10.9. The zero-order valence-electron chi connectivity index (χ0n) is 9.29. The molecule has 1 atom stereocenters. The van der Waals surface area contributed by atoms with Crippen molar-refractivity contribution in [2.45, 2.75) is 25.9 Å². The minimum atomic E-state index is 0.522. The Balaban J connectivity index is 2.49. The monoisotopic (exact) mass is 271 g/mol. The van der Waals surface area contributed by atoms with Crippen LogP contribution in [0.3, 0.4) is 0 Å². The zero-order chi connectivity index (χ0) is 11.1. The van der Waals surface area contributed by atoms with Gasteiger partial charge >= 0.3 is 0 Å². The van der Waals surface area contributed by atoms with Crippen LogP contribution < -0.4 is 10.1 Å². The molecule has 0 aliphatic rings. The van der Waals surface area contributed by atoms with Crippen LogP contribution in [-0.4, -0.2) is 18.5 Å². The quantitative estimate of drug-likeness (QED) is 0.804. The highest BCUT2D eigenvalue weighted by atomic mass is 79.9. The van der Waals surface area contributed by atoms with E-state index >= 15 is 0 Å². The lowest BCUT2D eigenvalue weighted by molar-refractivity contribution is 0.405. The molecule has 0 aromatic heterocycles. The summed E-state index contributed by atoms with van der Waals surface area (Å²) in [6.07, 6.45) is 1.13. The van der Waals surface area contributed by atoms with Crippen molar-refractivity contribution >= 4 is 15.9 Å². The lowest BCUT2D eigenvalue weighted by atomic mass is 10.2. The van der Waals surface area contributed by atoms with Crippen molar-refractivity contribution in [1.82, 2.24) is 5.32 Å². The molecule has 15 heavy (non-hydrogen) atoms. The third kappa shape index (κ3) is 4.22. The third-order valence-corrected chi connectivity index (χ3v) is 2.83. The first-order valence-electron chi connectivity index (χ1n) is 5.19. The smallest absolute Gasteiger partial charge is 0.123 e. The van der Waals surface area contributed by atoms with E-state index in [1.54, 1.807) is 7.11 Å². The molecule has 0 radical (unpaired) electrons. The van der Waals surface area contributed by atoms with Gasteiger partial charge in [-0.2, -0.15) is 0 Å². The highest BCUT2D eigenvalue weighted by molar-refractivity contribution is 9.09. The van der Waals surface area contributed by atoms with Gasteiger partial charge in [-0.3, -0.25) is 0 Å². The molecule has 0 spiro atoms. The second kappa shape index (κ2) is 6.85. The summed E-state index contributed by atoms with van der Waals surface area (Å²) in [6, 6.07) is 8.63. The minimum absolute atomic E-state index is 0.522. The Morgan fingerprint density at radius 2 is 2.13 bits per heavy atom. The Morgan fingerprint density at radius 1 is 1.40 bits per heavy atom. The number of halogens is 1. The lowest BCUT2D eigenvalue weighted by Gasteiger charge is -2.14. The fraction of sp³-hybridized carbons (Fsp3) is 0.500. The third-order valence-electron chi connectivity index (χ3n) is 2.38. The maximum atomic E-state index is 5.29. The van der Waals surface area contributed by atoms with Crippen LogP contribution in [0.4, 0.5) is 0 Å². The molecule has 0 amide bonds. The second-order valence-corrected chi connectivity index (χ2v) is 4.36. The molecule has 1 unspecified atom stereocenters. The van der Waals surface area contributed by atoms with E-state index in [2.05, 4.69) is 34.2 Å². The Bertz CT molecular complexity index is 291. The number of ether oxygens (including phenoxy) is 1. The Morgan fingerprint density at radius 3 is 2.80 bits per heavy atom. The summed E-state index contributed by atoms with van der Waals surface area (Å²) in [4.78, 5) is 0. The van der Waals surface area contributed by atoms with Gasteiger partial charge in [-0.25, -0.2) is 0 Å². The highest BCUT2D eigenvalue weighted by Crippen LogP contribution is 2.16. The van der Waals surface area contributed by atoms with Gasteiger partial charge in [0.15, 0.2) is 0 Å². The Kier molecular flexibility index (Phi) is 5.73. The van der Waals surface area contributed by atoms with Crippen LogP contribution >= 0.6 is 15.9 Å². The van der Waals surface area contributed by atoms with Crippen molar-refractivity contribution in [2.75, 3.05) is 12.4 Å². The average molecular weight is 272 g/mol. The van der Waals surface area contributed by atoms with Crippen molar-refractivity contribution in [1.29, 1.82) is 0 Å². The standard InChI is InChI=1S/C12H18BrNO/c1-10(7-8-13)14-9-11-5-3-4-6-12(11)15-2/h3-6,10,14H,7-9H2,1-2H3. The molecule has 0 saturated carbocycles. The molecule has 1 rings (SSSR count). The molecule has 0 saturated heterocycles. The predicted molar refractivity (Wildman–Crippen MR) is 67.7 cm³/mol. The first-order valence-corrected chi connectivity index (χ1v) is 6.31. The number of para-hydroxylation sites is 1. The molecular weight excluding hydrogens is 254 g/mol. The van der Waals surface area contributed by atoms with Gasteiger partial charge in [0.2, 0.25) is 0 Å². The van der Waals surface area contributed by atoms with E-state index in [9.17, 15) is 0 Å². The first kappa shape index (κ1) is 12.5. The highest BCUT2D eigenvalue weighted by Gasteiger charge is 2.03. The van der Waals surface area contributed by atoms with E-state index < -0.39 is 0 Å². The van der Waals surface area contributed by atoms with E-state index in [-0.39, 0.29) is 0 Å². The number of nitrogens with one attached hydrogen (secondary N) is 1. The number of hydrogen-bond acceptors (Lipinski definition) is 2. The van der Waals surface area contributed by atoms with Gasteiger partial charge in [-0.1, -0.05) is 34.1 Å². The normalized spacial score (nSPS) is 12.5. The van der Waals surface area contributed by atoms with Gasteiger partial charge in [0.25, 0.3) is 0 Å². The van der Waals surface area contributed by atoms with Crippen LogP contribution in [0.5, 0.6) is 5.75 Å². The SMILES string of the molecule is COc1ccccc1CNC(C)CCBr. The summed E-state index contributed by atoms with van der Waals surface area (Å²) in [5.41, 5.74) is 1.21. The number of benzene rings is 1. The van der Waals surface area contributed by atoms with Crippen molar-refractivity contribution < 1.29 is 4.74 Å². The fourth-order valence-corrected chi connectivity index (χ4v) is 2.09. The Hall–Kier alpha value is -0.540. The van der Waals surface area contributed by atoms with Crippen LogP contribution in [0.2, 0.25) is 0 Å². The molecule has 0 aliphatic carbocycles. The maximum Gasteiger partial charge on any atom is 0.123 e. The van der Waals surface area contributed by atoms with Gasteiger partial charge in [-0.05, 0) is 19.4 Å². The van der Waals surface area contributed by atoms with Crippen molar-refractivity contribution in [3.05, 3.63) is 29.8 Å².